The molecule has 118 valence electrons. The molecule has 1 aliphatic rings. The van der Waals surface area contributed by atoms with E-state index in [1.54, 1.807) is 15.8 Å². The van der Waals surface area contributed by atoms with E-state index in [9.17, 15) is 4.79 Å². The molecule has 3 rings (SSSR count). The van der Waals surface area contributed by atoms with Gasteiger partial charge in [0.25, 0.3) is 5.91 Å². The second kappa shape index (κ2) is 7.07. The van der Waals surface area contributed by atoms with Crippen molar-refractivity contribution >= 4 is 5.91 Å². The molecule has 0 saturated carbocycles. The van der Waals surface area contributed by atoms with Crippen LogP contribution in [0.4, 0.5) is 0 Å². The summed E-state index contributed by atoms with van der Waals surface area (Å²) in [4.78, 5) is 14.6. The molecule has 0 unspecified atom stereocenters. The van der Waals surface area contributed by atoms with Crippen molar-refractivity contribution in [3.8, 4) is 17.3 Å². The summed E-state index contributed by atoms with van der Waals surface area (Å²) < 4.78 is 6.99. The van der Waals surface area contributed by atoms with Crippen molar-refractivity contribution in [2.24, 2.45) is 0 Å². The predicted molar refractivity (Wildman–Crippen MR) is 84.6 cm³/mol. The lowest BCUT2D eigenvalue weighted by atomic mass is 10.1. The summed E-state index contributed by atoms with van der Waals surface area (Å²) in [6.45, 7) is 2.80. The van der Waals surface area contributed by atoms with E-state index in [2.05, 4.69) is 11.2 Å². The normalized spacial score (nSPS) is 14.5. The molecule has 6 heteroatoms. The number of morpholine rings is 1. The van der Waals surface area contributed by atoms with Crippen LogP contribution >= 0.6 is 0 Å². The van der Waals surface area contributed by atoms with Crippen molar-refractivity contribution in [3.05, 3.63) is 42.1 Å². The van der Waals surface area contributed by atoms with Crippen LogP contribution in [-0.4, -0.2) is 46.9 Å². The van der Waals surface area contributed by atoms with E-state index in [0.29, 0.717) is 50.5 Å². The van der Waals surface area contributed by atoms with Gasteiger partial charge in [0.2, 0.25) is 0 Å². The van der Waals surface area contributed by atoms with Gasteiger partial charge >= 0.3 is 0 Å². The van der Waals surface area contributed by atoms with Crippen LogP contribution in [0.25, 0.3) is 11.3 Å². The van der Waals surface area contributed by atoms with Crippen molar-refractivity contribution in [3.63, 3.8) is 0 Å². The average Bonchev–Trinajstić information content (AvgIpc) is 3.05. The second-order valence-electron chi connectivity index (χ2n) is 5.33. The molecule has 1 fully saturated rings. The minimum atomic E-state index is -0.0321. The third-order valence-electron chi connectivity index (χ3n) is 3.79. The number of hydrogen-bond donors (Lipinski definition) is 0. The Balaban J connectivity index is 1.94. The smallest absolute Gasteiger partial charge is 0.257 e. The molecule has 2 aromatic rings. The Morgan fingerprint density at radius 3 is 2.70 bits per heavy atom. The highest BCUT2D eigenvalue weighted by molar-refractivity contribution is 5.99. The number of aryl methyl sites for hydroxylation is 1. The van der Waals surface area contributed by atoms with Gasteiger partial charge in [0.15, 0.2) is 0 Å². The minimum absolute atomic E-state index is 0.0321. The Morgan fingerprint density at radius 2 is 2.00 bits per heavy atom. The van der Waals surface area contributed by atoms with Crippen LogP contribution in [-0.2, 0) is 11.3 Å². The molecule has 1 aromatic carbocycles. The topological polar surface area (TPSA) is 71.2 Å². The highest BCUT2D eigenvalue weighted by Crippen LogP contribution is 2.23. The number of ether oxygens (including phenoxy) is 1. The van der Waals surface area contributed by atoms with Gasteiger partial charge in [-0.05, 0) is 0 Å². The number of aromatic nitrogens is 2. The van der Waals surface area contributed by atoms with Crippen LogP contribution in [0.5, 0.6) is 0 Å². The van der Waals surface area contributed by atoms with Crippen LogP contribution in [0.3, 0.4) is 0 Å². The molecule has 1 saturated heterocycles. The first kappa shape index (κ1) is 15.3. The second-order valence-corrected chi connectivity index (χ2v) is 5.33. The van der Waals surface area contributed by atoms with Crippen LogP contribution in [0.15, 0.2) is 36.5 Å². The highest BCUT2D eigenvalue weighted by Gasteiger charge is 2.24. The SMILES string of the molecule is N#CCCn1cc(C(=O)N2CCOCC2)c(-c2ccccc2)n1. The highest BCUT2D eigenvalue weighted by atomic mass is 16.5. The Kier molecular flexibility index (Phi) is 4.69. The fourth-order valence-electron chi connectivity index (χ4n) is 2.60. The molecular formula is C17H18N4O2. The number of amides is 1. The third-order valence-corrected chi connectivity index (χ3v) is 3.79. The molecular weight excluding hydrogens is 292 g/mol. The fraction of sp³-hybridized carbons (Fsp3) is 0.353. The summed E-state index contributed by atoms with van der Waals surface area (Å²) in [7, 11) is 0. The van der Waals surface area contributed by atoms with Crippen LogP contribution in [0, 0.1) is 11.3 Å². The zero-order valence-corrected chi connectivity index (χ0v) is 12.8. The third kappa shape index (κ3) is 3.41. The minimum Gasteiger partial charge on any atom is -0.378 e. The maximum absolute atomic E-state index is 12.8. The Labute approximate surface area is 134 Å². The van der Waals surface area contributed by atoms with Gasteiger partial charge in [-0.15, -0.1) is 0 Å². The quantitative estimate of drug-likeness (QED) is 0.865. The van der Waals surface area contributed by atoms with Gasteiger partial charge < -0.3 is 9.64 Å². The van der Waals surface area contributed by atoms with Crippen molar-refractivity contribution in [1.29, 1.82) is 5.26 Å². The summed E-state index contributed by atoms with van der Waals surface area (Å²) in [5.41, 5.74) is 2.15. The molecule has 2 heterocycles. The Morgan fingerprint density at radius 1 is 1.26 bits per heavy atom. The van der Waals surface area contributed by atoms with Crippen molar-refractivity contribution in [2.75, 3.05) is 26.3 Å². The largest absolute Gasteiger partial charge is 0.378 e. The zero-order chi connectivity index (χ0) is 16.1. The first-order chi connectivity index (χ1) is 11.3. The first-order valence-electron chi connectivity index (χ1n) is 7.66. The molecule has 0 bridgehead atoms. The summed E-state index contributed by atoms with van der Waals surface area (Å²) in [5.74, 6) is -0.0321. The molecule has 6 nitrogen and oxygen atoms in total. The molecule has 1 aliphatic heterocycles. The molecule has 0 radical (unpaired) electrons. The number of carbonyl (C=O) groups is 1. The van der Waals surface area contributed by atoms with Gasteiger partial charge in [-0.3, -0.25) is 9.48 Å². The van der Waals surface area contributed by atoms with Gasteiger partial charge in [0, 0.05) is 24.8 Å². The predicted octanol–water partition coefficient (Wildman–Crippen LogP) is 1.94. The molecule has 0 aliphatic carbocycles. The number of nitriles is 1. The zero-order valence-electron chi connectivity index (χ0n) is 12.8. The maximum atomic E-state index is 12.8. The fourth-order valence-corrected chi connectivity index (χ4v) is 2.60. The molecule has 0 N–H and O–H groups in total. The van der Waals surface area contributed by atoms with E-state index >= 15 is 0 Å². The molecule has 0 spiro atoms. The van der Waals surface area contributed by atoms with Gasteiger partial charge in [-0.25, -0.2) is 0 Å². The number of rotatable bonds is 4. The first-order valence-corrected chi connectivity index (χ1v) is 7.66. The van der Waals surface area contributed by atoms with E-state index in [-0.39, 0.29) is 5.91 Å². The van der Waals surface area contributed by atoms with Gasteiger partial charge in [-0.2, -0.15) is 10.4 Å². The summed E-state index contributed by atoms with van der Waals surface area (Å²) >= 11 is 0. The molecule has 23 heavy (non-hydrogen) atoms. The standard InChI is InChI=1S/C17H18N4O2/c18-7-4-8-21-13-15(17(22)20-9-11-23-12-10-20)16(19-21)14-5-2-1-3-6-14/h1-3,5-6,13H,4,8-12H2. The van der Waals surface area contributed by atoms with E-state index in [1.165, 1.54) is 0 Å². The lowest BCUT2D eigenvalue weighted by Crippen LogP contribution is -2.40. The summed E-state index contributed by atoms with van der Waals surface area (Å²) in [6, 6.07) is 11.8. The van der Waals surface area contributed by atoms with Crippen molar-refractivity contribution < 1.29 is 9.53 Å². The number of hydrogen-bond acceptors (Lipinski definition) is 4. The van der Waals surface area contributed by atoms with Gasteiger partial charge in [0.1, 0.15) is 5.69 Å². The molecule has 1 amide bonds. The monoisotopic (exact) mass is 310 g/mol. The lowest BCUT2D eigenvalue weighted by molar-refractivity contribution is 0.0303. The number of carbonyl (C=O) groups excluding carboxylic acids is 1. The average molecular weight is 310 g/mol. The van der Waals surface area contributed by atoms with E-state index < -0.39 is 0 Å². The van der Waals surface area contributed by atoms with Gasteiger partial charge in [-0.1, -0.05) is 30.3 Å². The van der Waals surface area contributed by atoms with E-state index in [0.717, 1.165) is 5.56 Å². The van der Waals surface area contributed by atoms with Crippen LogP contribution < -0.4 is 0 Å². The van der Waals surface area contributed by atoms with E-state index in [1.807, 2.05) is 30.3 Å². The lowest BCUT2D eigenvalue weighted by Gasteiger charge is -2.26. The Bertz CT molecular complexity index is 712. The van der Waals surface area contributed by atoms with Gasteiger partial charge in [0.05, 0.1) is 37.8 Å². The van der Waals surface area contributed by atoms with Crippen LogP contribution in [0.1, 0.15) is 16.8 Å². The number of nitrogens with zero attached hydrogens (tertiary/aromatic N) is 4. The van der Waals surface area contributed by atoms with Crippen molar-refractivity contribution in [1.82, 2.24) is 14.7 Å². The Hall–Kier alpha value is -2.65. The van der Waals surface area contributed by atoms with E-state index in [4.69, 9.17) is 10.00 Å². The number of benzene rings is 1. The molecule has 1 aromatic heterocycles. The summed E-state index contributed by atoms with van der Waals surface area (Å²) in [6.07, 6.45) is 2.11. The van der Waals surface area contributed by atoms with Crippen molar-refractivity contribution in [2.45, 2.75) is 13.0 Å². The maximum Gasteiger partial charge on any atom is 0.257 e. The van der Waals surface area contributed by atoms with Crippen LogP contribution in [0.2, 0.25) is 0 Å². The molecule has 0 atom stereocenters. The summed E-state index contributed by atoms with van der Waals surface area (Å²) in [5, 5.41) is 13.3.